The van der Waals surface area contributed by atoms with E-state index in [9.17, 15) is 9.90 Å². The molecule has 2 unspecified atom stereocenters. The highest BCUT2D eigenvalue weighted by atomic mass is 16.5. The lowest BCUT2D eigenvalue weighted by molar-refractivity contribution is -0.0524. The number of unbranched alkanes of at least 4 members (excludes halogenated alkanes) is 2. The second kappa shape index (κ2) is 8.61. The zero-order valence-corrected chi connectivity index (χ0v) is 15.5. The fraction of sp³-hybridized carbons (Fsp3) is 0.435. The van der Waals surface area contributed by atoms with Gasteiger partial charge in [-0.2, -0.15) is 0 Å². The van der Waals surface area contributed by atoms with Gasteiger partial charge < -0.3 is 9.84 Å². The Morgan fingerprint density at radius 2 is 1.73 bits per heavy atom. The van der Waals surface area contributed by atoms with Crippen molar-refractivity contribution in [3.63, 3.8) is 0 Å². The van der Waals surface area contributed by atoms with Gasteiger partial charge in [-0.15, -0.1) is 0 Å². The van der Waals surface area contributed by atoms with Crippen molar-refractivity contribution in [3.05, 3.63) is 71.3 Å². The van der Waals surface area contributed by atoms with E-state index in [0.29, 0.717) is 13.0 Å². The van der Waals surface area contributed by atoms with Crippen LogP contribution in [-0.2, 0) is 10.3 Å². The molecule has 2 atom stereocenters. The fourth-order valence-electron chi connectivity index (χ4n) is 4.12. The van der Waals surface area contributed by atoms with E-state index < -0.39 is 5.60 Å². The third kappa shape index (κ3) is 3.34. The van der Waals surface area contributed by atoms with E-state index in [2.05, 4.69) is 19.1 Å². The first kappa shape index (κ1) is 18.8. The Morgan fingerprint density at radius 3 is 2.46 bits per heavy atom. The van der Waals surface area contributed by atoms with Gasteiger partial charge in [-0.25, -0.2) is 0 Å². The van der Waals surface area contributed by atoms with Crippen LogP contribution in [0.15, 0.2) is 54.6 Å². The first-order valence-corrected chi connectivity index (χ1v) is 9.69. The standard InChI is InChI=1S/C23H28O3/c1-2-3-5-15-21-22(25)19-13-8-9-14-20(19)23(21,26-17-10-16-24)18-11-6-4-7-12-18/h4,6-9,11-14,21,24H,2-3,5,10,15-17H2,1H3. The van der Waals surface area contributed by atoms with Crippen LogP contribution in [0.2, 0.25) is 0 Å². The van der Waals surface area contributed by atoms with Crippen molar-refractivity contribution in [3.8, 4) is 0 Å². The van der Waals surface area contributed by atoms with Gasteiger partial charge in [0.1, 0.15) is 5.60 Å². The van der Waals surface area contributed by atoms with Crippen LogP contribution in [0.5, 0.6) is 0 Å². The van der Waals surface area contributed by atoms with Gasteiger partial charge in [0.25, 0.3) is 0 Å². The average Bonchev–Trinajstić information content (AvgIpc) is 2.93. The Balaban J connectivity index is 2.10. The van der Waals surface area contributed by atoms with Crippen LogP contribution in [0.4, 0.5) is 0 Å². The molecule has 0 heterocycles. The molecule has 3 heteroatoms. The summed E-state index contributed by atoms with van der Waals surface area (Å²) < 4.78 is 6.48. The summed E-state index contributed by atoms with van der Waals surface area (Å²) in [5.74, 6) is -0.0305. The van der Waals surface area contributed by atoms with Gasteiger partial charge in [0.05, 0.1) is 12.5 Å². The van der Waals surface area contributed by atoms with Crippen LogP contribution in [0.1, 0.15) is 60.5 Å². The molecule has 138 valence electrons. The van der Waals surface area contributed by atoms with Crippen molar-refractivity contribution in [2.45, 2.75) is 44.6 Å². The number of hydrogen-bond donors (Lipinski definition) is 1. The molecule has 0 saturated heterocycles. The summed E-state index contributed by atoms with van der Waals surface area (Å²) in [5, 5.41) is 9.23. The van der Waals surface area contributed by atoms with E-state index in [1.54, 1.807) is 0 Å². The molecule has 0 aliphatic heterocycles. The monoisotopic (exact) mass is 352 g/mol. The fourth-order valence-corrected chi connectivity index (χ4v) is 4.12. The lowest BCUT2D eigenvalue weighted by Crippen LogP contribution is -2.38. The summed E-state index contributed by atoms with van der Waals surface area (Å²) in [6.45, 7) is 2.69. The van der Waals surface area contributed by atoms with E-state index >= 15 is 0 Å². The maximum Gasteiger partial charge on any atom is 0.169 e. The second-order valence-electron chi connectivity index (χ2n) is 6.99. The van der Waals surface area contributed by atoms with Crippen molar-refractivity contribution in [2.24, 2.45) is 5.92 Å². The zero-order chi connectivity index (χ0) is 18.4. The minimum absolute atomic E-state index is 0.0843. The molecule has 26 heavy (non-hydrogen) atoms. The minimum atomic E-state index is -0.752. The van der Waals surface area contributed by atoms with Crippen molar-refractivity contribution < 1.29 is 14.6 Å². The number of carbonyl (C=O) groups excluding carboxylic acids is 1. The first-order valence-electron chi connectivity index (χ1n) is 9.69. The van der Waals surface area contributed by atoms with Crippen LogP contribution in [0.3, 0.4) is 0 Å². The van der Waals surface area contributed by atoms with Gasteiger partial charge in [-0.05, 0) is 24.0 Å². The van der Waals surface area contributed by atoms with Crippen molar-refractivity contribution >= 4 is 5.78 Å². The average molecular weight is 352 g/mol. The van der Waals surface area contributed by atoms with Gasteiger partial charge in [-0.3, -0.25) is 4.79 Å². The number of Topliss-reactive ketones (excluding diaryl/α,β-unsaturated/α-hetero) is 1. The van der Waals surface area contributed by atoms with E-state index in [1.165, 1.54) is 0 Å². The molecule has 1 N–H and O–H groups in total. The number of fused-ring (bicyclic) bond motifs is 1. The second-order valence-corrected chi connectivity index (χ2v) is 6.99. The molecule has 3 nitrogen and oxygen atoms in total. The van der Waals surface area contributed by atoms with E-state index in [4.69, 9.17) is 4.74 Å². The van der Waals surface area contributed by atoms with Crippen LogP contribution in [0, 0.1) is 5.92 Å². The number of ketones is 1. The SMILES string of the molecule is CCCCCC1C(=O)c2ccccc2C1(OCCCO)c1ccccc1. The van der Waals surface area contributed by atoms with Crippen molar-refractivity contribution in [1.82, 2.24) is 0 Å². The summed E-state index contributed by atoms with van der Waals surface area (Å²) in [4.78, 5) is 13.3. The number of rotatable bonds is 9. The quantitative estimate of drug-likeness (QED) is 0.664. The molecule has 1 aliphatic rings. The highest BCUT2D eigenvalue weighted by Gasteiger charge is 2.53. The van der Waals surface area contributed by atoms with Gasteiger partial charge >= 0.3 is 0 Å². The Bertz CT molecular complexity index is 725. The minimum Gasteiger partial charge on any atom is -0.396 e. The highest BCUT2D eigenvalue weighted by Crippen LogP contribution is 2.50. The number of ether oxygens (including phenoxy) is 1. The number of aliphatic hydroxyl groups excluding tert-OH is 1. The van der Waals surface area contributed by atoms with Crippen molar-refractivity contribution in [2.75, 3.05) is 13.2 Å². The first-order chi connectivity index (χ1) is 12.8. The van der Waals surface area contributed by atoms with Crippen LogP contribution < -0.4 is 0 Å². The summed E-state index contributed by atoms with van der Waals surface area (Å²) in [6.07, 6.45) is 4.63. The van der Waals surface area contributed by atoms with Crippen LogP contribution >= 0.6 is 0 Å². The van der Waals surface area contributed by atoms with Crippen LogP contribution in [0.25, 0.3) is 0 Å². The Labute approximate surface area is 156 Å². The third-order valence-corrected chi connectivity index (χ3v) is 5.33. The summed E-state index contributed by atoms with van der Waals surface area (Å²) >= 11 is 0. The number of aliphatic hydroxyl groups is 1. The van der Waals surface area contributed by atoms with Gasteiger partial charge in [-0.1, -0.05) is 80.8 Å². The van der Waals surface area contributed by atoms with Gasteiger partial charge in [0.2, 0.25) is 0 Å². The van der Waals surface area contributed by atoms with Gasteiger partial charge in [0.15, 0.2) is 5.78 Å². The zero-order valence-electron chi connectivity index (χ0n) is 15.5. The van der Waals surface area contributed by atoms with E-state index in [-0.39, 0.29) is 18.3 Å². The number of carbonyl (C=O) groups is 1. The Kier molecular flexibility index (Phi) is 6.23. The molecule has 0 spiro atoms. The lowest BCUT2D eigenvalue weighted by atomic mass is 9.78. The Hall–Kier alpha value is -1.97. The molecule has 0 amide bonds. The third-order valence-electron chi connectivity index (χ3n) is 5.33. The smallest absolute Gasteiger partial charge is 0.169 e. The summed E-state index contributed by atoms with van der Waals surface area (Å²) in [5.41, 5.74) is 2.02. The normalized spacial score (nSPS) is 21.8. The number of benzene rings is 2. The molecule has 0 bridgehead atoms. The molecular formula is C23H28O3. The molecule has 0 aromatic heterocycles. The van der Waals surface area contributed by atoms with E-state index in [0.717, 1.165) is 42.4 Å². The highest BCUT2D eigenvalue weighted by molar-refractivity contribution is 6.04. The Morgan fingerprint density at radius 1 is 1.00 bits per heavy atom. The molecule has 2 aromatic rings. The van der Waals surface area contributed by atoms with E-state index in [1.807, 2.05) is 42.5 Å². The molecule has 0 fully saturated rings. The maximum atomic E-state index is 13.3. The molecule has 0 saturated carbocycles. The molecule has 2 aromatic carbocycles. The number of hydrogen-bond acceptors (Lipinski definition) is 3. The molecule has 0 radical (unpaired) electrons. The summed E-state index contributed by atoms with van der Waals surface area (Å²) in [7, 11) is 0. The van der Waals surface area contributed by atoms with Crippen LogP contribution in [-0.4, -0.2) is 24.1 Å². The molecule has 3 rings (SSSR count). The summed E-state index contributed by atoms with van der Waals surface area (Å²) in [6, 6.07) is 18.0. The van der Waals surface area contributed by atoms with Crippen molar-refractivity contribution in [1.29, 1.82) is 0 Å². The largest absolute Gasteiger partial charge is 0.396 e. The lowest BCUT2D eigenvalue weighted by Gasteiger charge is -2.36. The maximum absolute atomic E-state index is 13.3. The van der Waals surface area contributed by atoms with Gasteiger partial charge in [0, 0.05) is 12.2 Å². The molecule has 1 aliphatic carbocycles. The topological polar surface area (TPSA) is 46.5 Å². The predicted molar refractivity (Wildman–Crippen MR) is 103 cm³/mol. The predicted octanol–water partition coefficient (Wildman–Crippen LogP) is 4.72. The molecular weight excluding hydrogens is 324 g/mol.